The Balaban J connectivity index is 0.000000208. The Labute approximate surface area is 325 Å². The van der Waals surface area contributed by atoms with Crippen LogP contribution >= 0.6 is 24.4 Å². The number of aliphatic hydroxyl groups is 2. The average molecular weight is 755 g/mol. The molecule has 0 aromatic heterocycles. The largest absolute Gasteiger partial charge is 0.447 e. The molecule has 4 atom stereocenters. The van der Waals surface area contributed by atoms with Crippen LogP contribution in [0.1, 0.15) is 43.9 Å². The fourth-order valence-electron chi connectivity index (χ4n) is 5.24. The van der Waals surface area contributed by atoms with Crippen molar-refractivity contribution < 1.29 is 29.3 Å². The quantitative estimate of drug-likeness (QED) is 0.0935. The van der Waals surface area contributed by atoms with Gasteiger partial charge in [0, 0.05) is 11.1 Å². The summed E-state index contributed by atoms with van der Waals surface area (Å²) in [5.74, 6) is 0.461. The second kappa shape index (κ2) is 20.3. The second-order valence-electron chi connectivity index (χ2n) is 11.8. The summed E-state index contributed by atoms with van der Waals surface area (Å²) >= 11 is 10.6. The molecule has 0 aliphatic carbocycles. The van der Waals surface area contributed by atoms with Crippen molar-refractivity contribution in [2.75, 3.05) is 0 Å². The number of nitrogens with one attached hydrogen (secondary N) is 2. The highest BCUT2D eigenvalue weighted by Crippen LogP contribution is 2.23. The van der Waals surface area contributed by atoms with Gasteiger partial charge >= 0.3 is 0 Å². The van der Waals surface area contributed by atoms with E-state index in [2.05, 4.69) is 10.6 Å². The topological polar surface area (TPSA) is 117 Å². The molecular formula is C44H38N2O6S2. The predicted octanol–water partition coefficient (Wildman–Crippen LogP) is 7.85. The molecule has 2 unspecified atom stereocenters. The SMILES string of the molecule is O=C(NC(c1ccccc1)C(O)C(=S)Oc1ccccc1)c1ccccc1.O=C(N[C@@H](c1ccccc1)[C@@H](O)C(=S)Oc1ccccc1)c1ccccc1. The molecule has 0 bridgehead atoms. The van der Waals surface area contributed by atoms with Crippen LogP contribution in [-0.4, -0.2) is 44.3 Å². The van der Waals surface area contributed by atoms with E-state index >= 15 is 0 Å². The van der Waals surface area contributed by atoms with Gasteiger partial charge in [-0.05, 0) is 84.1 Å². The lowest BCUT2D eigenvalue weighted by Gasteiger charge is -2.25. The van der Waals surface area contributed by atoms with Gasteiger partial charge in [0.25, 0.3) is 11.8 Å². The first-order valence-electron chi connectivity index (χ1n) is 17.0. The molecule has 0 spiro atoms. The number of thiocarbonyl (C=S) groups is 2. The molecule has 0 fully saturated rings. The third-order valence-corrected chi connectivity index (χ3v) is 8.65. The first-order valence-corrected chi connectivity index (χ1v) is 17.8. The highest BCUT2D eigenvalue weighted by atomic mass is 32.1. The molecule has 6 aromatic rings. The molecule has 8 nitrogen and oxygen atoms in total. The van der Waals surface area contributed by atoms with Crippen molar-refractivity contribution in [3.05, 3.63) is 204 Å². The van der Waals surface area contributed by atoms with Crippen LogP contribution in [0.4, 0.5) is 0 Å². The summed E-state index contributed by atoms with van der Waals surface area (Å²) in [6.45, 7) is 0. The van der Waals surface area contributed by atoms with Gasteiger partial charge < -0.3 is 30.3 Å². The maximum absolute atomic E-state index is 12.6. The van der Waals surface area contributed by atoms with Gasteiger partial charge in [-0.25, -0.2) is 0 Å². The minimum absolute atomic E-state index is 0.0107. The highest BCUT2D eigenvalue weighted by molar-refractivity contribution is 7.80. The van der Waals surface area contributed by atoms with Crippen LogP contribution in [0.5, 0.6) is 11.5 Å². The molecule has 4 N–H and O–H groups in total. The monoisotopic (exact) mass is 754 g/mol. The number of hydrogen-bond donors (Lipinski definition) is 4. The summed E-state index contributed by atoms with van der Waals surface area (Å²) in [5, 5.41) is 27.3. The Morgan fingerprint density at radius 1 is 0.426 bits per heavy atom. The number of rotatable bonds is 12. The summed E-state index contributed by atoms with van der Waals surface area (Å²) in [6, 6.07) is 52.5. The second-order valence-corrected chi connectivity index (χ2v) is 12.6. The number of para-hydroxylation sites is 2. The fourth-order valence-corrected chi connectivity index (χ4v) is 5.70. The molecular weight excluding hydrogens is 717 g/mol. The van der Waals surface area contributed by atoms with Crippen molar-refractivity contribution in [3.63, 3.8) is 0 Å². The van der Waals surface area contributed by atoms with Crippen LogP contribution in [-0.2, 0) is 0 Å². The molecule has 0 saturated heterocycles. The third kappa shape index (κ3) is 11.5. The lowest BCUT2D eigenvalue weighted by Crippen LogP contribution is -2.41. The summed E-state index contributed by atoms with van der Waals surface area (Å²) in [5.41, 5.74) is 2.46. The van der Waals surface area contributed by atoms with Crippen LogP contribution in [0, 0.1) is 0 Å². The number of carbonyl (C=O) groups excluding carboxylic acids is 2. The molecule has 0 radical (unpaired) electrons. The molecule has 0 aliphatic heterocycles. The summed E-state index contributed by atoms with van der Waals surface area (Å²) in [6.07, 6.45) is -2.40. The van der Waals surface area contributed by atoms with Gasteiger partial charge in [-0.15, -0.1) is 0 Å². The lowest BCUT2D eigenvalue weighted by molar-refractivity contribution is 0.0882. The van der Waals surface area contributed by atoms with Gasteiger partial charge in [0.05, 0.1) is 12.1 Å². The van der Waals surface area contributed by atoms with Crippen LogP contribution in [0.2, 0.25) is 0 Å². The van der Waals surface area contributed by atoms with Crippen molar-refractivity contribution in [2.24, 2.45) is 0 Å². The smallest absolute Gasteiger partial charge is 0.251 e. The lowest BCUT2D eigenvalue weighted by atomic mass is 10.0. The fraction of sp³-hybridized carbons (Fsp3) is 0.0909. The van der Waals surface area contributed by atoms with E-state index in [4.69, 9.17) is 33.9 Å². The van der Waals surface area contributed by atoms with Crippen molar-refractivity contribution in [2.45, 2.75) is 24.3 Å². The Bertz CT molecular complexity index is 1920. The zero-order chi connectivity index (χ0) is 38.1. The van der Waals surface area contributed by atoms with E-state index in [1.54, 1.807) is 72.8 Å². The van der Waals surface area contributed by atoms with E-state index in [1.165, 1.54) is 0 Å². The van der Waals surface area contributed by atoms with Gasteiger partial charge in [0.15, 0.2) is 10.1 Å². The van der Waals surface area contributed by atoms with E-state index < -0.39 is 24.3 Å². The van der Waals surface area contributed by atoms with Crippen molar-refractivity contribution >= 4 is 46.4 Å². The number of amides is 2. The molecule has 54 heavy (non-hydrogen) atoms. The Morgan fingerprint density at radius 3 is 0.981 bits per heavy atom. The summed E-state index contributed by atoms with van der Waals surface area (Å²) in [4.78, 5) is 25.2. The van der Waals surface area contributed by atoms with Crippen LogP contribution in [0.15, 0.2) is 182 Å². The van der Waals surface area contributed by atoms with Crippen molar-refractivity contribution in [3.8, 4) is 11.5 Å². The van der Waals surface area contributed by atoms with Crippen LogP contribution in [0.25, 0.3) is 0 Å². The Kier molecular flexibility index (Phi) is 14.7. The van der Waals surface area contributed by atoms with E-state index in [-0.39, 0.29) is 21.9 Å². The molecule has 10 heteroatoms. The van der Waals surface area contributed by atoms with E-state index in [1.807, 2.05) is 109 Å². The zero-order valence-corrected chi connectivity index (χ0v) is 30.6. The Morgan fingerprint density at radius 2 is 0.685 bits per heavy atom. The first kappa shape index (κ1) is 39.2. The molecule has 0 heterocycles. The number of ether oxygens (including phenoxy) is 2. The van der Waals surface area contributed by atoms with Gasteiger partial charge in [-0.3, -0.25) is 9.59 Å². The molecule has 272 valence electrons. The predicted molar refractivity (Wildman–Crippen MR) is 218 cm³/mol. The average Bonchev–Trinajstić information content (AvgIpc) is 3.23. The first-order chi connectivity index (χ1) is 26.3. The van der Waals surface area contributed by atoms with E-state index in [0.29, 0.717) is 22.6 Å². The maximum Gasteiger partial charge on any atom is 0.251 e. The summed E-state index contributed by atoms with van der Waals surface area (Å²) in [7, 11) is 0. The highest BCUT2D eigenvalue weighted by Gasteiger charge is 2.29. The van der Waals surface area contributed by atoms with E-state index in [0.717, 1.165) is 11.1 Å². The van der Waals surface area contributed by atoms with Gasteiger partial charge in [0.1, 0.15) is 23.7 Å². The number of aliphatic hydroxyl groups excluding tert-OH is 2. The number of carbonyl (C=O) groups is 2. The van der Waals surface area contributed by atoms with Crippen LogP contribution in [0.3, 0.4) is 0 Å². The minimum atomic E-state index is -1.20. The number of hydrogen-bond acceptors (Lipinski definition) is 8. The summed E-state index contributed by atoms with van der Waals surface area (Å²) < 4.78 is 11.2. The van der Waals surface area contributed by atoms with Gasteiger partial charge in [-0.1, -0.05) is 133 Å². The molecule has 0 aliphatic rings. The Hall–Kier alpha value is -6.04. The van der Waals surface area contributed by atoms with E-state index in [9.17, 15) is 19.8 Å². The minimum Gasteiger partial charge on any atom is -0.447 e. The normalized spacial score (nSPS) is 12.6. The van der Waals surface area contributed by atoms with Gasteiger partial charge in [0.2, 0.25) is 0 Å². The molecule has 2 amide bonds. The zero-order valence-electron chi connectivity index (χ0n) is 29.0. The molecule has 6 aromatic carbocycles. The van der Waals surface area contributed by atoms with Gasteiger partial charge in [-0.2, -0.15) is 0 Å². The maximum atomic E-state index is 12.6. The standard InChI is InChI=1S/2C22H19NO3S/c2*24-20(22(27)26-18-14-8-3-9-15-18)19(16-10-4-1-5-11-16)23-21(25)17-12-6-2-7-13-17/h2*1-15,19-20,24H,(H,23,25)/t19-,20+;/m0./s1. The third-order valence-electron chi connectivity index (χ3n) is 8.00. The van der Waals surface area contributed by atoms with Crippen molar-refractivity contribution in [1.82, 2.24) is 10.6 Å². The number of benzene rings is 6. The van der Waals surface area contributed by atoms with Crippen molar-refractivity contribution in [1.29, 1.82) is 0 Å². The van der Waals surface area contributed by atoms with Crippen LogP contribution < -0.4 is 20.1 Å². The molecule has 6 rings (SSSR count). The molecule has 0 saturated carbocycles.